The molecule has 0 aromatic carbocycles. The first-order valence-corrected chi connectivity index (χ1v) is 3.64. The quantitative estimate of drug-likeness (QED) is 0.512. The minimum absolute atomic E-state index is 0.477. The lowest BCUT2D eigenvalue weighted by molar-refractivity contribution is 0.333. The molecule has 2 unspecified atom stereocenters. The highest BCUT2D eigenvalue weighted by molar-refractivity contribution is 6.35. The van der Waals surface area contributed by atoms with E-state index in [-0.39, 0.29) is 0 Å². The molecule has 0 spiro atoms. The van der Waals surface area contributed by atoms with Gasteiger partial charge in [-0.25, -0.2) is 4.39 Å². The Morgan fingerprint density at radius 2 is 2.11 bits per heavy atom. The van der Waals surface area contributed by atoms with Crippen molar-refractivity contribution >= 4 is 7.28 Å². The van der Waals surface area contributed by atoms with Crippen LogP contribution in [0.25, 0.3) is 0 Å². The van der Waals surface area contributed by atoms with Crippen molar-refractivity contribution in [2.24, 2.45) is 0 Å². The molecule has 0 rings (SSSR count). The third kappa shape index (κ3) is 4.50. The molecule has 0 aliphatic carbocycles. The van der Waals surface area contributed by atoms with Gasteiger partial charge >= 0.3 is 0 Å². The van der Waals surface area contributed by atoms with Crippen LogP contribution in [0.4, 0.5) is 4.39 Å². The van der Waals surface area contributed by atoms with E-state index in [4.69, 9.17) is 0 Å². The molecule has 0 heterocycles. The van der Waals surface area contributed by atoms with Crippen LogP contribution in [-0.2, 0) is 0 Å². The summed E-state index contributed by atoms with van der Waals surface area (Å²) >= 11 is 0. The molecule has 2 heteroatoms. The van der Waals surface area contributed by atoms with E-state index in [2.05, 4.69) is 14.2 Å². The summed E-state index contributed by atoms with van der Waals surface area (Å²) in [4.78, 5) is 0. The summed E-state index contributed by atoms with van der Waals surface area (Å²) < 4.78 is 12.3. The Bertz CT molecular complexity index is 59.9. The first-order valence-electron chi connectivity index (χ1n) is 3.64. The second-order valence-corrected chi connectivity index (χ2v) is 2.52. The van der Waals surface area contributed by atoms with Gasteiger partial charge in [0.1, 0.15) is 7.28 Å². The molecular weight excluding hydrogens is 114 g/mol. The summed E-state index contributed by atoms with van der Waals surface area (Å²) in [6.45, 7) is 5.70. The van der Waals surface area contributed by atoms with Gasteiger partial charge in [-0.05, 0) is 13.3 Å². The minimum Gasteiger partial charge on any atom is -0.248 e. The fraction of sp³-hybridized carbons (Fsp3) is 1.00. The van der Waals surface area contributed by atoms with Gasteiger partial charge in [-0.15, -0.1) is 0 Å². The van der Waals surface area contributed by atoms with E-state index in [0.717, 1.165) is 6.42 Å². The van der Waals surface area contributed by atoms with Crippen molar-refractivity contribution in [2.45, 2.75) is 45.5 Å². The molecule has 0 aromatic rings. The smallest absolute Gasteiger partial charge is 0.110 e. The predicted octanol–water partition coefficient (Wildman–Crippen LogP) is 2.69. The zero-order valence-electron chi connectivity index (χ0n) is 6.52. The van der Waals surface area contributed by atoms with Gasteiger partial charge in [0.15, 0.2) is 0 Å². The Kier molecular flexibility index (Phi) is 4.83. The largest absolute Gasteiger partial charge is 0.248 e. The van der Waals surface area contributed by atoms with Crippen LogP contribution >= 0.6 is 0 Å². The molecule has 2 atom stereocenters. The van der Waals surface area contributed by atoms with Gasteiger partial charge in [0.05, 0.1) is 6.17 Å². The summed E-state index contributed by atoms with van der Waals surface area (Å²) in [5.74, 6) is 0.477. The summed E-state index contributed by atoms with van der Waals surface area (Å²) in [5, 5.41) is 0. The first-order chi connectivity index (χ1) is 4.20. The maximum absolute atomic E-state index is 12.3. The van der Waals surface area contributed by atoms with Crippen molar-refractivity contribution in [3.63, 3.8) is 0 Å². The van der Waals surface area contributed by atoms with E-state index in [1.165, 1.54) is 0 Å². The Morgan fingerprint density at radius 3 is 2.22 bits per heavy atom. The number of alkyl halides is 1. The van der Waals surface area contributed by atoms with E-state index in [0.29, 0.717) is 12.2 Å². The lowest BCUT2D eigenvalue weighted by atomic mass is 9.64. The molecule has 0 aliphatic heterocycles. The zero-order chi connectivity index (χ0) is 7.28. The standard InChI is InChI=1S/C7H15BF/c1-4-7(8-3)5-6(2)9/h6-7H,4-5H2,1-3H3. The Morgan fingerprint density at radius 1 is 1.56 bits per heavy atom. The van der Waals surface area contributed by atoms with Crippen molar-refractivity contribution in [3.8, 4) is 0 Å². The fourth-order valence-corrected chi connectivity index (χ4v) is 0.956. The number of hydrogen-bond acceptors (Lipinski definition) is 0. The van der Waals surface area contributed by atoms with Gasteiger partial charge in [-0.1, -0.05) is 26.0 Å². The second kappa shape index (κ2) is 4.83. The summed E-state index contributed by atoms with van der Waals surface area (Å²) in [5.41, 5.74) is 0. The Hall–Kier alpha value is -0.00506. The lowest BCUT2D eigenvalue weighted by Crippen LogP contribution is -2.04. The van der Waals surface area contributed by atoms with Gasteiger partial charge < -0.3 is 0 Å². The molecule has 9 heavy (non-hydrogen) atoms. The van der Waals surface area contributed by atoms with Gasteiger partial charge in [-0.3, -0.25) is 0 Å². The van der Waals surface area contributed by atoms with Crippen LogP contribution < -0.4 is 0 Å². The molecular formula is C7H15BF. The molecule has 0 nitrogen and oxygen atoms in total. The number of halogens is 1. The highest BCUT2D eigenvalue weighted by Gasteiger charge is 2.07. The van der Waals surface area contributed by atoms with E-state index in [1.807, 2.05) is 6.82 Å². The molecule has 0 saturated carbocycles. The third-order valence-corrected chi connectivity index (χ3v) is 1.62. The molecule has 0 aliphatic rings. The van der Waals surface area contributed by atoms with Gasteiger partial charge in [0.2, 0.25) is 0 Å². The maximum Gasteiger partial charge on any atom is 0.110 e. The van der Waals surface area contributed by atoms with E-state index < -0.39 is 6.17 Å². The van der Waals surface area contributed by atoms with Crippen molar-refractivity contribution < 1.29 is 4.39 Å². The maximum atomic E-state index is 12.3. The van der Waals surface area contributed by atoms with E-state index in [9.17, 15) is 4.39 Å². The topological polar surface area (TPSA) is 0 Å². The van der Waals surface area contributed by atoms with Crippen LogP contribution in [0.1, 0.15) is 26.7 Å². The summed E-state index contributed by atoms with van der Waals surface area (Å²) in [6.07, 6.45) is 1.10. The van der Waals surface area contributed by atoms with E-state index >= 15 is 0 Å². The van der Waals surface area contributed by atoms with Crippen molar-refractivity contribution in [3.05, 3.63) is 0 Å². The highest BCUT2D eigenvalue weighted by Crippen LogP contribution is 2.17. The number of rotatable bonds is 4. The van der Waals surface area contributed by atoms with Gasteiger partial charge in [-0.2, -0.15) is 0 Å². The van der Waals surface area contributed by atoms with Crippen molar-refractivity contribution in [2.75, 3.05) is 0 Å². The minimum atomic E-state index is -0.647. The predicted molar refractivity (Wildman–Crippen MR) is 40.8 cm³/mol. The van der Waals surface area contributed by atoms with E-state index in [1.54, 1.807) is 6.92 Å². The van der Waals surface area contributed by atoms with Crippen LogP contribution in [-0.4, -0.2) is 13.5 Å². The second-order valence-electron chi connectivity index (χ2n) is 2.52. The SMILES string of the molecule is C[B]C(CC)CC(C)F. The molecule has 0 amide bonds. The summed E-state index contributed by atoms with van der Waals surface area (Å²) in [7, 11) is 2.08. The monoisotopic (exact) mass is 129 g/mol. The van der Waals surface area contributed by atoms with Crippen LogP contribution in [0.2, 0.25) is 12.6 Å². The normalized spacial score (nSPS) is 16.9. The molecule has 0 saturated heterocycles. The lowest BCUT2D eigenvalue weighted by Gasteiger charge is -2.10. The fourth-order valence-electron chi connectivity index (χ4n) is 0.956. The molecule has 0 bridgehead atoms. The Labute approximate surface area is 58.1 Å². The van der Waals surface area contributed by atoms with Crippen LogP contribution in [0.5, 0.6) is 0 Å². The molecule has 1 radical (unpaired) electrons. The highest BCUT2D eigenvalue weighted by atomic mass is 19.1. The first kappa shape index (κ1) is 8.99. The van der Waals surface area contributed by atoms with Gasteiger partial charge in [0.25, 0.3) is 0 Å². The molecule has 0 aromatic heterocycles. The van der Waals surface area contributed by atoms with Crippen molar-refractivity contribution in [1.29, 1.82) is 0 Å². The average molecular weight is 129 g/mol. The number of hydrogen-bond donors (Lipinski definition) is 0. The van der Waals surface area contributed by atoms with Crippen molar-refractivity contribution in [1.82, 2.24) is 0 Å². The molecule has 0 N–H and O–H groups in total. The Balaban J connectivity index is 3.31. The molecule has 53 valence electrons. The van der Waals surface area contributed by atoms with Crippen LogP contribution in [0.3, 0.4) is 0 Å². The summed E-state index contributed by atoms with van der Waals surface area (Å²) in [6, 6.07) is 0. The van der Waals surface area contributed by atoms with Crippen LogP contribution in [0.15, 0.2) is 0 Å². The van der Waals surface area contributed by atoms with Gasteiger partial charge in [0, 0.05) is 0 Å². The van der Waals surface area contributed by atoms with Crippen LogP contribution in [0, 0.1) is 0 Å². The average Bonchev–Trinajstić information content (AvgIpc) is 1.82. The zero-order valence-corrected chi connectivity index (χ0v) is 6.52. The third-order valence-electron chi connectivity index (χ3n) is 1.62. The molecule has 0 fully saturated rings.